The van der Waals surface area contributed by atoms with Gasteiger partial charge in [0.15, 0.2) is 0 Å². The smallest absolute Gasteiger partial charge is 0.0494 e. The summed E-state index contributed by atoms with van der Waals surface area (Å²) >= 11 is 1.64. The summed E-state index contributed by atoms with van der Waals surface area (Å²) in [5.74, 6) is 1.27. The Hall–Kier alpha value is -0.190. The molecule has 74 valence electrons. The van der Waals surface area contributed by atoms with Crippen LogP contribution in [0.5, 0.6) is 0 Å². The van der Waals surface area contributed by atoms with Crippen molar-refractivity contribution in [3.05, 3.63) is 22.4 Å². The molecule has 0 aliphatic rings. The number of rotatable bonds is 5. The molecule has 0 aliphatic heterocycles. The van der Waals surface area contributed by atoms with E-state index in [0.717, 1.165) is 12.0 Å². The molecule has 13 heavy (non-hydrogen) atoms. The Balaban J connectivity index is 2.34. The second-order valence-electron chi connectivity index (χ2n) is 3.05. The third kappa shape index (κ3) is 4.02. The van der Waals surface area contributed by atoms with E-state index in [1.807, 2.05) is 23.8 Å². The molecule has 1 heterocycles. The van der Waals surface area contributed by atoms with E-state index in [1.54, 1.807) is 11.3 Å². The van der Waals surface area contributed by atoms with Crippen molar-refractivity contribution in [2.45, 2.75) is 25.1 Å². The molecule has 4 heteroatoms. The zero-order chi connectivity index (χ0) is 9.68. The molecule has 0 fully saturated rings. The third-order valence-electron chi connectivity index (χ3n) is 1.83. The molecule has 2 N–H and O–H groups in total. The van der Waals surface area contributed by atoms with Crippen molar-refractivity contribution in [1.29, 1.82) is 0 Å². The summed E-state index contributed by atoms with van der Waals surface area (Å²) in [5, 5.41) is 4.04. The van der Waals surface area contributed by atoms with Crippen LogP contribution in [0.25, 0.3) is 0 Å². The van der Waals surface area contributed by atoms with Gasteiger partial charge in [-0.05, 0) is 28.8 Å². The van der Waals surface area contributed by atoms with Crippen molar-refractivity contribution >= 4 is 22.1 Å². The topological polar surface area (TPSA) is 43.1 Å². The minimum atomic E-state index is -0.798. The number of hydrogen-bond donors (Lipinski definition) is 1. The van der Waals surface area contributed by atoms with Gasteiger partial charge in [0.1, 0.15) is 0 Å². The largest absolute Gasteiger partial charge is 0.327 e. The maximum absolute atomic E-state index is 11.5. The van der Waals surface area contributed by atoms with Gasteiger partial charge in [-0.25, -0.2) is 0 Å². The second-order valence-corrected chi connectivity index (χ2v) is 5.33. The normalized spacial score (nSPS) is 15.5. The number of nitrogens with two attached hydrogens (primary N) is 1. The number of thiophene rings is 1. The number of hydrogen-bond acceptors (Lipinski definition) is 3. The van der Waals surface area contributed by atoms with Crippen molar-refractivity contribution in [2.75, 3.05) is 5.75 Å². The maximum Gasteiger partial charge on any atom is 0.0494 e. The van der Waals surface area contributed by atoms with Gasteiger partial charge in [0.2, 0.25) is 0 Å². The quantitative estimate of drug-likeness (QED) is 0.816. The minimum absolute atomic E-state index is 0.0828. The highest BCUT2D eigenvalue weighted by molar-refractivity contribution is 7.84. The lowest BCUT2D eigenvalue weighted by Gasteiger charge is -2.06. The molecule has 0 aromatic carbocycles. The first-order chi connectivity index (χ1) is 6.22. The Bertz CT molecular complexity index is 259. The van der Waals surface area contributed by atoms with E-state index in [9.17, 15) is 4.21 Å². The van der Waals surface area contributed by atoms with Crippen LogP contribution in [0, 0.1) is 0 Å². The van der Waals surface area contributed by atoms with Crippen LogP contribution in [-0.4, -0.2) is 16.0 Å². The molecule has 1 aromatic heterocycles. The van der Waals surface area contributed by atoms with Crippen molar-refractivity contribution in [3.63, 3.8) is 0 Å². The van der Waals surface area contributed by atoms with Gasteiger partial charge in [0.05, 0.1) is 0 Å². The Morgan fingerprint density at radius 2 is 2.46 bits per heavy atom. The van der Waals surface area contributed by atoms with Crippen molar-refractivity contribution < 1.29 is 4.21 Å². The Morgan fingerprint density at radius 1 is 1.69 bits per heavy atom. The van der Waals surface area contributed by atoms with Crippen LogP contribution in [0.3, 0.4) is 0 Å². The van der Waals surface area contributed by atoms with E-state index in [0.29, 0.717) is 11.5 Å². The highest BCUT2D eigenvalue weighted by Gasteiger charge is 2.06. The fraction of sp³-hybridized carbons (Fsp3) is 0.556. The first-order valence-electron chi connectivity index (χ1n) is 4.34. The van der Waals surface area contributed by atoms with E-state index in [1.165, 1.54) is 0 Å². The summed E-state index contributed by atoms with van der Waals surface area (Å²) in [5.41, 5.74) is 6.87. The summed E-state index contributed by atoms with van der Waals surface area (Å²) in [7, 11) is -0.798. The van der Waals surface area contributed by atoms with E-state index in [4.69, 9.17) is 5.73 Å². The van der Waals surface area contributed by atoms with E-state index in [-0.39, 0.29) is 6.04 Å². The van der Waals surface area contributed by atoms with Crippen LogP contribution in [0.4, 0.5) is 0 Å². The molecule has 0 radical (unpaired) electrons. The molecule has 0 saturated carbocycles. The van der Waals surface area contributed by atoms with Gasteiger partial charge in [-0.1, -0.05) is 6.92 Å². The Kier molecular flexibility index (Phi) is 4.62. The molecule has 2 unspecified atom stereocenters. The zero-order valence-electron chi connectivity index (χ0n) is 7.73. The van der Waals surface area contributed by atoms with E-state index < -0.39 is 10.8 Å². The summed E-state index contributed by atoms with van der Waals surface area (Å²) in [6, 6.07) is 2.10. The lowest BCUT2D eigenvalue weighted by molar-refractivity contribution is 0.663. The Labute approximate surface area is 85.6 Å². The molecule has 2 atom stereocenters. The van der Waals surface area contributed by atoms with Crippen LogP contribution < -0.4 is 5.73 Å². The van der Waals surface area contributed by atoms with Gasteiger partial charge in [-0.3, -0.25) is 4.21 Å². The van der Waals surface area contributed by atoms with Crippen molar-refractivity contribution in [1.82, 2.24) is 0 Å². The summed E-state index contributed by atoms with van der Waals surface area (Å²) in [6.07, 6.45) is 0.898. The first-order valence-corrected chi connectivity index (χ1v) is 6.77. The fourth-order valence-corrected chi connectivity index (χ4v) is 3.13. The molecular weight excluding hydrogens is 202 g/mol. The zero-order valence-corrected chi connectivity index (χ0v) is 9.37. The summed E-state index contributed by atoms with van der Waals surface area (Å²) in [6.45, 7) is 2.02. The molecular formula is C9H15NOS2. The molecule has 0 amide bonds. The predicted molar refractivity (Wildman–Crippen MR) is 59.3 cm³/mol. The highest BCUT2D eigenvalue weighted by atomic mass is 32.2. The fourth-order valence-electron chi connectivity index (χ4n) is 0.976. The Morgan fingerprint density at radius 3 is 3.00 bits per heavy atom. The average Bonchev–Trinajstić information content (AvgIpc) is 2.56. The van der Waals surface area contributed by atoms with Crippen molar-refractivity contribution in [2.24, 2.45) is 5.73 Å². The second kappa shape index (κ2) is 5.52. The van der Waals surface area contributed by atoms with Gasteiger partial charge in [0.25, 0.3) is 0 Å². The average molecular weight is 217 g/mol. The lowest BCUT2D eigenvalue weighted by Crippen LogP contribution is -2.26. The van der Waals surface area contributed by atoms with E-state index in [2.05, 4.69) is 0 Å². The standard InChI is InChI=1S/C9H15NOS2/c1-2-9(10)7-13(11)6-8-3-4-12-5-8/h3-5,9H,2,6-7,10H2,1H3. The first kappa shape index (κ1) is 10.9. The van der Waals surface area contributed by atoms with E-state index >= 15 is 0 Å². The predicted octanol–water partition coefficient (Wildman–Crippen LogP) is 1.73. The molecule has 0 bridgehead atoms. The minimum Gasteiger partial charge on any atom is -0.327 e. The van der Waals surface area contributed by atoms with Crippen LogP contribution in [0.1, 0.15) is 18.9 Å². The van der Waals surface area contributed by atoms with Crippen LogP contribution >= 0.6 is 11.3 Å². The lowest BCUT2D eigenvalue weighted by atomic mass is 10.3. The summed E-state index contributed by atoms with van der Waals surface area (Å²) < 4.78 is 11.5. The van der Waals surface area contributed by atoms with Gasteiger partial charge in [-0.15, -0.1) is 0 Å². The van der Waals surface area contributed by atoms with Crippen molar-refractivity contribution in [3.8, 4) is 0 Å². The van der Waals surface area contributed by atoms with Crippen LogP contribution in [0.2, 0.25) is 0 Å². The summed E-state index contributed by atoms with van der Waals surface area (Å²) in [4.78, 5) is 0. The third-order valence-corrected chi connectivity index (χ3v) is 4.02. The molecule has 0 saturated heterocycles. The molecule has 2 nitrogen and oxygen atoms in total. The monoisotopic (exact) mass is 217 g/mol. The molecule has 0 spiro atoms. The highest BCUT2D eigenvalue weighted by Crippen LogP contribution is 2.09. The van der Waals surface area contributed by atoms with Gasteiger partial charge in [0, 0.05) is 28.3 Å². The molecule has 1 aromatic rings. The molecule has 1 rings (SSSR count). The van der Waals surface area contributed by atoms with Crippen LogP contribution in [-0.2, 0) is 16.6 Å². The SMILES string of the molecule is CCC(N)CS(=O)Cc1ccsc1. The van der Waals surface area contributed by atoms with Gasteiger partial charge >= 0.3 is 0 Å². The molecule has 0 aliphatic carbocycles. The van der Waals surface area contributed by atoms with Gasteiger partial charge in [-0.2, -0.15) is 11.3 Å². The van der Waals surface area contributed by atoms with Gasteiger partial charge < -0.3 is 5.73 Å². The maximum atomic E-state index is 11.5. The van der Waals surface area contributed by atoms with Crippen LogP contribution in [0.15, 0.2) is 16.8 Å².